The lowest BCUT2D eigenvalue weighted by Crippen LogP contribution is -2.45. The van der Waals surface area contributed by atoms with Crippen molar-refractivity contribution in [3.63, 3.8) is 0 Å². The maximum Gasteiger partial charge on any atom is 0.225 e. The molecule has 1 aromatic rings. The molecule has 0 aromatic heterocycles. The Balaban J connectivity index is 1.46. The second kappa shape index (κ2) is 10.6. The Morgan fingerprint density at radius 2 is 1.89 bits per heavy atom. The van der Waals surface area contributed by atoms with Crippen molar-refractivity contribution in [1.82, 2.24) is 9.80 Å². The predicted molar refractivity (Wildman–Crippen MR) is 118 cm³/mol. The van der Waals surface area contributed by atoms with Gasteiger partial charge in [0.1, 0.15) is 0 Å². The minimum absolute atomic E-state index is 0.315. The van der Waals surface area contributed by atoms with E-state index < -0.39 is 0 Å². The molecular weight excluding hydrogens is 368 g/mol. The Labute approximate surface area is 176 Å². The molecule has 0 N–H and O–H groups in total. The third-order valence-electron chi connectivity index (χ3n) is 6.82. The molecule has 1 atom stereocenters. The summed E-state index contributed by atoms with van der Waals surface area (Å²) < 4.78 is 0. The second-order valence-electron chi connectivity index (χ2n) is 8.87. The van der Waals surface area contributed by atoms with Crippen LogP contribution in [-0.4, -0.2) is 47.9 Å². The van der Waals surface area contributed by atoms with Crippen molar-refractivity contribution in [2.45, 2.75) is 71.3 Å². The highest BCUT2D eigenvalue weighted by molar-refractivity contribution is 6.30. The summed E-state index contributed by atoms with van der Waals surface area (Å²) in [4.78, 5) is 17.5. The number of hydrogen-bond donors (Lipinski definition) is 0. The van der Waals surface area contributed by atoms with Crippen molar-refractivity contribution in [2.75, 3.05) is 26.2 Å². The monoisotopic (exact) mass is 404 g/mol. The second-order valence-corrected chi connectivity index (χ2v) is 9.31. The number of likely N-dealkylation sites (tertiary alicyclic amines) is 1. The summed E-state index contributed by atoms with van der Waals surface area (Å²) in [7, 11) is 0. The predicted octanol–water partition coefficient (Wildman–Crippen LogP) is 5.41. The molecule has 3 nitrogen and oxygen atoms in total. The van der Waals surface area contributed by atoms with Gasteiger partial charge in [-0.1, -0.05) is 49.9 Å². The third kappa shape index (κ3) is 5.97. The SMILES string of the molecule is CCN(CC1CCN(C(=O)C2CCCCC2)CC1)C(C)Cc1cccc(Cl)c1. The number of piperidine rings is 1. The molecule has 1 heterocycles. The van der Waals surface area contributed by atoms with Gasteiger partial charge < -0.3 is 9.80 Å². The summed E-state index contributed by atoms with van der Waals surface area (Å²) in [5.41, 5.74) is 1.31. The van der Waals surface area contributed by atoms with Crippen molar-refractivity contribution in [3.05, 3.63) is 34.9 Å². The molecule has 0 bridgehead atoms. The van der Waals surface area contributed by atoms with E-state index in [1.54, 1.807) is 0 Å². The van der Waals surface area contributed by atoms with Crippen LogP contribution in [0.4, 0.5) is 0 Å². The van der Waals surface area contributed by atoms with E-state index >= 15 is 0 Å². The van der Waals surface area contributed by atoms with Gasteiger partial charge >= 0.3 is 0 Å². The van der Waals surface area contributed by atoms with Crippen LogP contribution in [-0.2, 0) is 11.2 Å². The van der Waals surface area contributed by atoms with E-state index in [1.807, 2.05) is 12.1 Å². The number of amides is 1. The number of hydrogen-bond acceptors (Lipinski definition) is 2. The summed E-state index contributed by atoms with van der Waals surface area (Å²) in [6.07, 6.45) is 9.36. The molecule has 156 valence electrons. The van der Waals surface area contributed by atoms with Crippen molar-refractivity contribution in [2.24, 2.45) is 11.8 Å². The van der Waals surface area contributed by atoms with Gasteiger partial charge in [0.25, 0.3) is 0 Å². The average molecular weight is 405 g/mol. The topological polar surface area (TPSA) is 23.6 Å². The molecular formula is C24H37ClN2O. The van der Waals surface area contributed by atoms with E-state index in [4.69, 9.17) is 11.6 Å². The quantitative estimate of drug-likeness (QED) is 0.606. The van der Waals surface area contributed by atoms with Gasteiger partial charge in [-0.05, 0) is 69.2 Å². The number of carbonyl (C=O) groups excluding carboxylic acids is 1. The fraction of sp³-hybridized carbons (Fsp3) is 0.708. The first kappa shape index (κ1) is 21.6. The zero-order valence-corrected chi connectivity index (χ0v) is 18.5. The molecule has 1 unspecified atom stereocenters. The van der Waals surface area contributed by atoms with Gasteiger partial charge in [0.2, 0.25) is 5.91 Å². The number of halogens is 1. The van der Waals surface area contributed by atoms with Gasteiger partial charge in [-0.3, -0.25) is 4.79 Å². The van der Waals surface area contributed by atoms with Gasteiger partial charge in [0.05, 0.1) is 0 Å². The summed E-state index contributed by atoms with van der Waals surface area (Å²) in [5.74, 6) is 1.46. The van der Waals surface area contributed by atoms with Crippen LogP contribution in [0.3, 0.4) is 0 Å². The number of likely N-dealkylation sites (N-methyl/N-ethyl adjacent to an activating group) is 1. The highest BCUT2D eigenvalue weighted by Crippen LogP contribution is 2.28. The normalized spacial score (nSPS) is 20.5. The maximum atomic E-state index is 12.8. The lowest BCUT2D eigenvalue weighted by Gasteiger charge is -2.38. The van der Waals surface area contributed by atoms with Crippen LogP contribution in [0.2, 0.25) is 5.02 Å². The van der Waals surface area contributed by atoms with Crippen LogP contribution in [0, 0.1) is 11.8 Å². The third-order valence-corrected chi connectivity index (χ3v) is 7.06. The molecule has 2 fully saturated rings. The smallest absolute Gasteiger partial charge is 0.225 e. The zero-order chi connectivity index (χ0) is 19.9. The number of carbonyl (C=O) groups is 1. The highest BCUT2D eigenvalue weighted by Gasteiger charge is 2.30. The molecule has 4 heteroatoms. The van der Waals surface area contributed by atoms with Crippen molar-refractivity contribution in [3.8, 4) is 0 Å². The summed E-state index contributed by atoms with van der Waals surface area (Å²) in [5, 5.41) is 0.822. The largest absolute Gasteiger partial charge is 0.342 e. The molecule has 3 rings (SSSR count). The van der Waals surface area contributed by atoms with Crippen molar-refractivity contribution in [1.29, 1.82) is 0 Å². The van der Waals surface area contributed by atoms with Crippen LogP contribution in [0.5, 0.6) is 0 Å². The van der Waals surface area contributed by atoms with Crippen molar-refractivity contribution < 1.29 is 4.79 Å². The molecule has 1 saturated carbocycles. The summed E-state index contributed by atoms with van der Waals surface area (Å²) in [6, 6.07) is 8.74. The lowest BCUT2D eigenvalue weighted by molar-refractivity contribution is -0.138. The van der Waals surface area contributed by atoms with E-state index in [0.29, 0.717) is 23.8 Å². The molecule has 1 saturated heterocycles. The number of nitrogens with zero attached hydrogens (tertiary/aromatic N) is 2. The Bertz CT molecular complexity index is 621. The van der Waals surface area contributed by atoms with Gasteiger partial charge in [-0.25, -0.2) is 0 Å². The van der Waals surface area contributed by atoms with Crippen LogP contribution >= 0.6 is 11.6 Å². The Hall–Kier alpha value is -1.06. The van der Waals surface area contributed by atoms with E-state index in [0.717, 1.165) is 63.3 Å². The Morgan fingerprint density at radius 3 is 2.54 bits per heavy atom. The van der Waals surface area contributed by atoms with E-state index in [2.05, 4.69) is 35.8 Å². The number of benzene rings is 1. The molecule has 0 spiro atoms. The van der Waals surface area contributed by atoms with E-state index in [9.17, 15) is 4.79 Å². The molecule has 1 aliphatic heterocycles. The minimum Gasteiger partial charge on any atom is -0.342 e. The highest BCUT2D eigenvalue weighted by atomic mass is 35.5. The number of rotatable bonds is 7. The molecule has 1 aromatic carbocycles. The van der Waals surface area contributed by atoms with Crippen LogP contribution in [0.1, 0.15) is 64.4 Å². The standard InChI is InChI=1S/C24H37ClN2O/c1-3-26(19(2)16-21-8-7-11-23(25)17-21)18-20-12-14-27(15-13-20)24(28)22-9-5-4-6-10-22/h7-8,11,17,19-20,22H,3-6,9-10,12-16,18H2,1-2H3. The zero-order valence-electron chi connectivity index (χ0n) is 17.7. The van der Waals surface area contributed by atoms with Crippen molar-refractivity contribution >= 4 is 17.5 Å². The first-order chi connectivity index (χ1) is 13.6. The first-order valence-electron chi connectivity index (χ1n) is 11.3. The molecule has 2 aliphatic rings. The fourth-order valence-corrected chi connectivity index (χ4v) is 5.24. The van der Waals surface area contributed by atoms with Gasteiger partial charge in [-0.2, -0.15) is 0 Å². The van der Waals surface area contributed by atoms with E-state index in [-0.39, 0.29) is 0 Å². The molecule has 1 aliphatic carbocycles. The van der Waals surface area contributed by atoms with Gasteiger partial charge in [-0.15, -0.1) is 0 Å². The lowest BCUT2D eigenvalue weighted by atomic mass is 9.87. The Morgan fingerprint density at radius 1 is 1.18 bits per heavy atom. The molecule has 1 amide bonds. The van der Waals surface area contributed by atoms with E-state index in [1.165, 1.54) is 24.8 Å². The molecule has 28 heavy (non-hydrogen) atoms. The summed E-state index contributed by atoms with van der Waals surface area (Å²) >= 11 is 6.15. The minimum atomic E-state index is 0.315. The Kier molecular flexibility index (Phi) is 8.23. The maximum absolute atomic E-state index is 12.8. The van der Waals surface area contributed by atoms with Crippen LogP contribution < -0.4 is 0 Å². The fourth-order valence-electron chi connectivity index (χ4n) is 5.03. The van der Waals surface area contributed by atoms with Crippen LogP contribution in [0.25, 0.3) is 0 Å². The summed E-state index contributed by atoms with van der Waals surface area (Å²) in [6.45, 7) is 8.72. The van der Waals surface area contributed by atoms with Crippen LogP contribution in [0.15, 0.2) is 24.3 Å². The van der Waals surface area contributed by atoms with Gasteiger partial charge in [0, 0.05) is 36.6 Å². The first-order valence-corrected chi connectivity index (χ1v) is 11.7. The van der Waals surface area contributed by atoms with Gasteiger partial charge in [0.15, 0.2) is 0 Å². The average Bonchev–Trinajstić information content (AvgIpc) is 2.72. The molecule has 0 radical (unpaired) electrons.